The van der Waals surface area contributed by atoms with Crippen molar-refractivity contribution < 1.29 is 4.74 Å². The van der Waals surface area contributed by atoms with Crippen LogP contribution >= 0.6 is 0 Å². The van der Waals surface area contributed by atoms with Crippen molar-refractivity contribution in [1.82, 2.24) is 4.90 Å². The Labute approximate surface area is 97.2 Å². The zero-order valence-corrected chi connectivity index (χ0v) is 9.64. The Morgan fingerprint density at radius 3 is 2.75 bits per heavy atom. The smallest absolute Gasteiger partial charge is 0.0964 e. The summed E-state index contributed by atoms with van der Waals surface area (Å²) >= 11 is 0. The van der Waals surface area contributed by atoms with Crippen LogP contribution in [-0.4, -0.2) is 30.2 Å². The van der Waals surface area contributed by atoms with Crippen molar-refractivity contribution in [2.24, 2.45) is 0 Å². The van der Waals surface area contributed by atoms with Crippen LogP contribution in [-0.2, 0) is 11.3 Å². The molecule has 0 spiro atoms. The Hall–Kier alpha value is -0.860. The Balaban J connectivity index is 1.67. The van der Waals surface area contributed by atoms with E-state index < -0.39 is 0 Å². The maximum atomic E-state index is 5.47. The largest absolute Gasteiger partial charge is 0.371 e. The summed E-state index contributed by atoms with van der Waals surface area (Å²) in [4.78, 5) is 2.61. The van der Waals surface area contributed by atoms with Crippen molar-refractivity contribution in [2.75, 3.05) is 13.2 Å². The van der Waals surface area contributed by atoms with E-state index in [4.69, 9.17) is 4.74 Å². The third-order valence-electron chi connectivity index (χ3n) is 3.68. The van der Waals surface area contributed by atoms with E-state index in [-0.39, 0.29) is 0 Å². The van der Waals surface area contributed by atoms with Gasteiger partial charge in [-0.1, -0.05) is 36.8 Å². The molecule has 2 fully saturated rings. The van der Waals surface area contributed by atoms with Crippen LogP contribution in [0.15, 0.2) is 30.3 Å². The highest BCUT2D eigenvalue weighted by atomic mass is 16.6. The molecule has 2 atom stereocenters. The summed E-state index contributed by atoms with van der Waals surface area (Å²) in [5, 5.41) is 0. The zero-order chi connectivity index (χ0) is 10.8. The molecule has 1 unspecified atom stereocenters. The third-order valence-corrected chi connectivity index (χ3v) is 3.68. The number of rotatable bonds is 3. The number of piperidine rings is 1. The van der Waals surface area contributed by atoms with Crippen LogP contribution in [0.25, 0.3) is 0 Å². The minimum absolute atomic E-state index is 0.531. The molecule has 2 heteroatoms. The van der Waals surface area contributed by atoms with Crippen molar-refractivity contribution in [1.29, 1.82) is 0 Å². The Morgan fingerprint density at radius 2 is 2.00 bits per heavy atom. The van der Waals surface area contributed by atoms with Gasteiger partial charge in [0.05, 0.1) is 12.7 Å². The molecule has 0 bridgehead atoms. The van der Waals surface area contributed by atoms with Gasteiger partial charge in [0.2, 0.25) is 0 Å². The quantitative estimate of drug-likeness (QED) is 0.723. The first-order valence-corrected chi connectivity index (χ1v) is 6.33. The molecule has 2 aliphatic rings. The molecule has 3 rings (SSSR count). The van der Waals surface area contributed by atoms with E-state index in [1.165, 1.54) is 31.4 Å². The minimum atomic E-state index is 0.531. The van der Waals surface area contributed by atoms with Crippen LogP contribution in [0.3, 0.4) is 0 Å². The maximum absolute atomic E-state index is 5.47. The van der Waals surface area contributed by atoms with Crippen molar-refractivity contribution in [3.63, 3.8) is 0 Å². The predicted molar refractivity (Wildman–Crippen MR) is 64.2 cm³/mol. The number of likely N-dealkylation sites (tertiary alicyclic amines) is 1. The summed E-state index contributed by atoms with van der Waals surface area (Å²) in [5.41, 5.74) is 1.43. The van der Waals surface area contributed by atoms with E-state index in [1.54, 1.807) is 0 Å². The van der Waals surface area contributed by atoms with E-state index >= 15 is 0 Å². The van der Waals surface area contributed by atoms with Gasteiger partial charge in [0, 0.05) is 12.6 Å². The van der Waals surface area contributed by atoms with Gasteiger partial charge in [0.1, 0.15) is 0 Å². The van der Waals surface area contributed by atoms with Gasteiger partial charge in [-0.2, -0.15) is 0 Å². The SMILES string of the molecule is c1ccc(CN2CCCCC2[C@H]2CO2)cc1. The van der Waals surface area contributed by atoms with Crippen LogP contribution < -0.4 is 0 Å². The first-order valence-electron chi connectivity index (χ1n) is 6.33. The highest BCUT2D eigenvalue weighted by Crippen LogP contribution is 2.28. The second-order valence-electron chi connectivity index (χ2n) is 4.89. The number of benzene rings is 1. The normalized spacial score (nSPS) is 30.2. The van der Waals surface area contributed by atoms with E-state index in [2.05, 4.69) is 35.2 Å². The lowest BCUT2D eigenvalue weighted by molar-refractivity contribution is 0.113. The van der Waals surface area contributed by atoms with Gasteiger partial charge in [0.25, 0.3) is 0 Å². The molecule has 86 valence electrons. The monoisotopic (exact) mass is 217 g/mol. The molecule has 16 heavy (non-hydrogen) atoms. The van der Waals surface area contributed by atoms with Gasteiger partial charge in [-0.15, -0.1) is 0 Å². The number of hydrogen-bond acceptors (Lipinski definition) is 2. The second kappa shape index (κ2) is 4.56. The molecule has 0 aliphatic carbocycles. The van der Waals surface area contributed by atoms with Crippen molar-refractivity contribution in [3.05, 3.63) is 35.9 Å². The van der Waals surface area contributed by atoms with Gasteiger partial charge < -0.3 is 4.74 Å². The first kappa shape index (κ1) is 10.3. The summed E-state index contributed by atoms with van der Waals surface area (Å²) in [6, 6.07) is 11.5. The molecular weight excluding hydrogens is 198 g/mol. The number of hydrogen-bond donors (Lipinski definition) is 0. The fourth-order valence-electron chi connectivity index (χ4n) is 2.73. The van der Waals surface area contributed by atoms with Crippen LogP contribution in [0.2, 0.25) is 0 Å². The first-order chi connectivity index (χ1) is 7.93. The van der Waals surface area contributed by atoms with Gasteiger partial charge >= 0.3 is 0 Å². The second-order valence-corrected chi connectivity index (χ2v) is 4.89. The summed E-state index contributed by atoms with van der Waals surface area (Å²) in [6.45, 7) is 3.31. The van der Waals surface area contributed by atoms with Crippen molar-refractivity contribution >= 4 is 0 Å². The lowest BCUT2D eigenvalue weighted by Gasteiger charge is -2.34. The molecule has 2 heterocycles. The van der Waals surface area contributed by atoms with Gasteiger partial charge in [-0.05, 0) is 24.9 Å². The fourth-order valence-corrected chi connectivity index (χ4v) is 2.73. The van der Waals surface area contributed by atoms with E-state index in [0.29, 0.717) is 12.1 Å². The Bertz CT molecular complexity index is 334. The van der Waals surface area contributed by atoms with E-state index in [1.807, 2.05) is 0 Å². The van der Waals surface area contributed by atoms with Crippen LogP contribution in [0.1, 0.15) is 24.8 Å². The van der Waals surface area contributed by atoms with Gasteiger partial charge in [-0.25, -0.2) is 0 Å². The number of ether oxygens (including phenoxy) is 1. The zero-order valence-electron chi connectivity index (χ0n) is 9.64. The Morgan fingerprint density at radius 1 is 1.19 bits per heavy atom. The molecule has 0 aromatic heterocycles. The predicted octanol–water partition coefficient (Wildman–Crippen LogP) is 2.44. The molecule has 2 saturated heterocycles. The highest BCUT2D eigenvalue weighted by Gasteiger charge is 2.37. The topological polar surface area (TPSA) is 15.8 Å². The lowest BCUT2D eigenvalue weighted by atomic mass is 9.99. The molecule has 2 aliphatic heterocycles. The Kier molecular flexibility index (Phi) is 2.94. The minimum Gasteiger partial charge on any atom is -0.371 e. The maximum Gasteiger partial charge on any atom is 0.0964 e. The van der Waals surface area contributed by atoms with E-state index in [0.717, 1.165) is 13.2 Å². The molecule has 2 nitrogen and oxygen atoms in total. The summed E-state index contributed by atoms with van der Waals surface area (Å²) < 4.78 is 5.47. The van der Waals surface area contributed by atoms with E-state index in [9.17, 15) is 0 Å². The van der Waals surface area contributed by atoms with Crippen LogP contribution in [0, 0.1) is 0 Å². The fraction of sp³-hybridized carbons (Fsp3) is 0.571. The van der Waals surface area contributed by atoms with Crippen molar-refractivity contribution in [2.45, 2.75) is 38.0 Å². The van der Waals surface area contributed by atoms with Gasteiger partial charge in [-0.3, -0.25) is 4.90 Å². The molecule has 0 saturated carbocycles. The van der Waals surface area contributed by atoms with Crippen LogP contribution in [0.4, 0.5) is 0 Å². The number of nitrogens with zero attached hydrogens (tertiary/aromatic N) is 1. The molecule has 0 radical (unpaired) electrons. The molecular formula is C14H19NO. The standard InChI is InChI=1S/C14H19NO/c1-2-6-12(7-3-1)10-15-9-5-4-8-13(15)14-11-16-14/h1-3,6-7,13-14H,4-5,8-11H2/t13?,14-/m1/s1. The van der Waals surface area contributed by atoms with Crippen molar-refractivity contribution in [3.8, 4) is 0 Å². The lowest BCUT2D eigenvalue weighted by Crippen LogP contribution is -2.42. The number of epoxide rings is 1. The average molecular weight is 217 g/mol. The molecule has 0 N–H and O–H groups in total. The molecule has 0 amide bonds. The molecule has 1 aromatic carbocycles. The average Bonchev–Trinajstić information content (AvgIpc) is 3.15. The highest BCUT2D eigenvalue weighted by molar-refractivity contribution is 5.15. The summed E-state index contributed by atoms with van der Waals surface area (Å²) in [7, 11) is 0. The third kappa shape index (κ3) is 2.28. The summed E-state index contributed by atoms with van der Waals surface area (Å²) in [5.74, 6) is 0. The molecule has 1 aromatic rings. The summed E-state index contributed by atoms with van der Waals surface area (Å²) in [6.07, 6.45) is 4.56. The van der Waals surface area contributed by atoms with Gasteiger partial charge in [0.15, 0.2) is 0 Å². The van der Waals surface area contributed by atoms with Crippen LogP contribution in [0.5, 0.6) is 0 Å².